The predicted octanol–water partition coefficient (Wildman–Crippen LogP) is 4.11. The van der Waals surface area contributed by atoms with Gasteiger partial charge in [-0.3, -0.25) is 10.1 Å². The number of hydrogen-bond acceptors (Lipinski definition) is 5. The van der Waals surface area contributed by atoms with Crippen LogP contribution in [0.5, 0.6) is 0 Å². The highest BCUT2D eigenvalue weighted by Gasteiger charge is 2.10. The number of pyridine rings is 1. The van der Waals surface area contributed by atoms with Crippen molar-refractivity contribution >= 4 is 22.9 Å². The molecule has 2 aromatic rings. The highest BCUT2D eigenvalue weighted by atomic mass is 16.6. The lowest BCUT2D eigenvalue weighted by molar-refractivity contribution is -0.385. The molecule has 0 unspecified atom stereocenters. The highest BCUT2D eigenvalue weighted by molar-refractivity contribution is 5.61. The Hall–Kier alpha value is -2.63. The molecule has 23 heavy (non-hydrogen) atoms. The van der Waals surface area contributed by atoms with E-state index in [0.29, 0.717) is 5.82 Å². The first-order chi connectivity index (χ1) is 11.2. The third-order valence-corrected chi connectivity index (χ3v) is 4.07. The molecule has 1 aromatic heterocycles. The van der Waals surface area contributed by atoms with Crippen molar-refractivity contribution in [2.75, 3.05) is 23.3 Å². The van der Waals surface area contributed by atoms with Gasteiger partial charge in [-0.05, 0) is 43.2 Å². The van der Waals surface area contributed by atoms with Gasteiger partial charge in [-0.2, -0.15) is 0 Å². The molecule has 3 rings (SSSR count). The minimum atomic E-state index is -0.452. The molecular weight excluding hydrogens is 292 g/mol. The molecule has 1 saturated heterocycles. The van der Waals surface area contributed by atoms with Gasteiger partial charge in [0.15, 0.2) is 0 Å². The van der Waals surface area contributed by atoms with Gasteiger partial charge >= 0.3 is 0 Å². The minimum Gasteiger partial charge on any atom is -0.372 e. The predicted molar refractivity (Wildman–Crippen MR) is 91.3 cm³/mol. The molecule has 1 N–H and O–H groups in total. The SMILES string of the molecule is O=[N+]([O-])c1ccc(Nc2ccc(N3CCCCCC3)cc2)nc1. The molecule has 0 radical (unpaired) electrons. The Bertz CT molecular complexity index is 647. The lowest BCUT2D eigenvalue weighted by atomic mass is 10.2. The van der Waals surface area contributed by atoms with Crippen LogP contribution in [-0.2, 0) is 0 Å². The van der Waals surface area contributed by atoms with Crippen LogP contribution in [0.25, 0.3) is 0 Å². The van der Waals surface area contributed by atoms with E-state index in [2.05, 4.69) is 27.3 Å². The van der Waals surface area contributed by atoms with E-state index < -0.39 is 4.92 Å². The van der Waals surface area contributed by atoms with E-state index in [-0.39, 0.29) is 5.69 Å². The van der Waals surface area contributed by atoms with E-state index >= 15 is 0 Å². The summed E-state index contributed by atoms with van der Waals surface area (Å²) in [6.45, 7) is 2.24. The number of nitrogens with zero attached hydrogens (tertiary/aromatic N) is 3. The summed E-state index contributed by atoms with van der Waals surface area (Å²) in [5.41, 5.74) is 2.16. The summed E-state index contributed by atoms with van der Waals surface area (Å²) in [6.07, 6.45) is 6.41. The Morgan fingerprint density at radius 2 is 1.70 bits per heavy atom. The molecule has 0 atom stereocenters. The van der Waals surface area contributed by atoms with Crippen LogP contribution in [0.4, 0.5) is 22.9 Å². The molecule has 6 nitrogen and oxygen atoms in total. The summed E-state index contributed by atoms with van der Waals surface area (Å²) in [7, 11) is 0. The molecule has 2 heterocycles. The number of benzene rings is 1. The molecule has 0 amide bonds. The summed E-state index contributed by atoms with van der Waals surface area (Å²) in [6, 6.07) is 11.3. The van der Waals surface area contributed by atoms with Gasteiger partial charge < -0.3 is 10.2 Å². The Morgan fingerprint density at radius 3 is 2.26 bits per heavy atom. The molecule has 1 aromatic carbocycles. The van der Waals surface area contributed by atoms with Crippen LogP contribution in [0.2, 0.25) is 0 Å². The van der Waals surface area contributed by atoms with Gasteiger partial charge in [0.1, 0.15) is 12.0 Å². The number of rotatable bonds is 4. The van der Waals surface area contributed by atoms with Crippen molar-refractivity contribution in [2.24, 2.45) is 0 Å². The van der Waals surface area contributed by atoms with E-state index in [9.17, 15) is 10.1 Å². The summed E-state index contributed by atoms with van der Waals surface area (Å²) in [5, 5.41) is 13.8. The molecule has 1 fully saturated rings. The summed E-state index contributed by atoms with van der Waals surface area (Å²) < 4.78 is 0. The fourth-order valence-electron chi connectivity index (χ4n) is 2.80. The summed E-state index contributed by atoms with van der Waals surface area (Å²) in [5.74, 6) is 0.595. The number of anilines is 3. The van der Waals surface area contributed by atoms with Gasteiger partial charge in [0.2, 0.25) is 0 Å². The smallest absolute Gasteiger partial charge is 0.287 e. The second-order valence-corrected chi connectivity index (χ2v) is 5.73. The molecule has 0 bridgehead atoms. The molecule has 1 aliphatic heterocycles. The van der Waals surface area contributed by atoms with Crippen molar-refractivity contribution in [3.05, 3.63) is 52.7 Å². The topological polar surface area (TPSA) is 71.3 Å². The second kappa shape index (κ2) is 7.09. The van der Waals surface area contributed by atoms with Crippen molar-refractivity contribution in [3.63, 3.8) is 0 Å². The molecule has 1 aliphatic rings. The van der Waals surface area contributed by atoms with Crippen molar-refractivity contribution in [3.8, 4) is 0 Å². The first kappa shape index (κ1) is 15.3. The zero-order valence-corrected chi connectivity index (χ0v) is 12.9. The molecule has 0 saturated carbocycles. The Balaban J connectivity index is 1.65. The fourth-order valence-corrected chi connectivity index (χ4v) is 2.80. The van der Waals surface area contributed by atoms with Crippen molar-refractivity contribution in [2.45, 2.75) is 25.7 Å². The largest absolute Gasteiger partial charge is 0.372 e. The number of aromatic nitrogens is 1. The Labute approximate surface area is 135 Å². The zero-order chi connectivity index (χ0) is 16.1. The number of hydrogen-bond donors (Lipinski definition) is 1. The maximum Gasteiger partial charge on any atom is 0.287 e. The van der Waals surface area contributed by atoms with Crippen LogP contribution < -0.4 is 10.2 Å². The van der Waals surface area contributed by atoms with Crippen LogP contribution >= 0.6 is 0 Å². The highest BCUT2D eigenvalue weighted by Crippen LogP contribution is 2.23. The van der Waals surface area contributed by atoms with Gasteiger partial charge in [0.25, 0.3) is 5.69 Å². The first-order valence-corrected chi connectivity index (χ1v) is 7.95. The quantitative estimate of drug-likeness (QED) is 0.679. The standard InChI is InChI=1S/C17H20N4O2/c22-21(23)16-9-10-17(18-13-16)19-14-5-7-15(8-6-14)20-11-3-1-2-4-12-20/h5-10,13H,1-4,11-12H2,(H,18,19). The van der Waals surface area contributed by atoms with Crippen LogP contribution in [0.1, 0.15) is 25.7 Å². The van der Waals surface area contributed by atoms with Crippen molar-refractivity contribution in [1.29, 1.82) is 0 Å². The van der Waals surface area contributed by atoms with Gasteiger partial charge in [-0.15, -0.1) is 0 Å². The van der Waals surface area contributed by atoms with Crippen LogP contribution in [-0.4, -0.2) is 23.0 Å². The average Bonchev–Trinajstić information content (AvgIpc) is 2.85. The maximum atomic E-state index is 10.6. The molecule has 120 valence electrons. The zero-order valence-electron chi connectivity index (χ0n) is 12.9. The third-order valence-electron chi connectivity index (χ3n) is 4.07. The van der Waals surface area contributed by atoms with Crippen LogP contribution in [0, 0.1) is 10.1 Å². The van der Waals surface area contributed by atoms with E-state index in [1.807, 2.05) is 12.1 Å². The molecule has 0 spiro atoms. The second-order valence-electron chi connectivity index (χ2n) is 5.73. The van der Waals surface area contributed by atoms with Gasteiger partial charge in [-0.25, -0.2) is 4.98 Å². The normalized spacial score (nSPS) is 15.0. The average molecular weight is 312 g/mol. The molecular formula is C17H20N4O2. The minimum absolute atomic E-state index is 0.00735. The Morgan fingerprint density at radius 1 is 1.00 bits per heavy atom. The third kappa shape index (κ3) is 3.97. The molecule has 0 aliphatic carbocycles. The maximum absolute atomic E-state index is 10.6. The van der Waals surface area contributed by atoms with Crippen LogP contribution in [0.15, 0.2) is 42.6 Å². The van der Waals surface area contributed by atoms with Gasteiger partial charge in [0.05, 0.1) is 4.92 Å². The van der Waals surface area contributed by atoms with E-state index in [1.165, 1.54) is 43.6 Å². The number of nitrogens with one attached hydrogen (secondary N) is 1. The van der Waals surface area contributed by atoms with Crippen molar-refractivity contribution < 1.29 is 4.92 Å². The number of nitro groups is 1. The lowest BCUT2D eigenvalue weighted by Crippen LogP contribution is -2.23. The molecule has 6 heteroatoms. The summed E-state index contributed by atoms with van der Waals surface area (Å²) >= 11 is 0. The summed E-state index contributed by atoms with van der Waals surface area (Å²) in [4.78, 5) is 16.7. The van der Waals surface area contributed by atoms with Gasteiger partial charge in [-0.1, -0.05) is 12.8 Å². The first-order valence-electron chi connectivity index (χ1n) is 7.95. The lowest BCUT2D eigenvalue weighted by Gasteiger charge is -2.22. The van der Waals surface area contributed by atoms with E-state index in [0.717, 1.165) is 18.8 Å². The van der Waals surface area contributed by atoms with E-state index in [1.54, 1.807) is 6.07 Å². The van der Waals surface area contributed by atoms with Crippen LogP contribution in [0.3, 0.4) is 0 Å². The van der Waals surface area contributed by atoms with Crippen molar-refractivity contribution in [1.82, 2.24) is 4.98 Å². The fraction of sp³-hybridized carbons (Fsp3) is 0.353. The van der Waals surface area contributed by atoms with Gasteiger partial charge in [0, 0.05) is 30.5 Å². The Kier molecular flexibility index (Phi) is 4.71. The van der Waals surface area contributed by atoms with E-state index in [4.69, 9.17) is 0 Å². The monoisotopic (exact) mass is 312 g/mol.